The van der Waals surface area contributed by atoms with E-state index in [0.717, 1.165) is 6.08 Å². The number of rotatable bonds is 5. The molecule has 0 radical (unpaired) electrons. The predicted octanol–water partition coefficient (Wildman–Crippen LogP) is 6.25. The van der Waals surface area contributed by atoms with E-state index in [1.807, 2.05) is 6.92 Å². The standard InChI is InChI=1S/C18H23F6N/c1-6-25-16(4,5)8-7-12-9-15(18(22,23)24)13(11(2)3)10-14(12)17(19,20)21/h7-11,25H,6H2,1-5H3/b8-7+. The van der Waals surface area contributed by atoms with Gasteiger partial charge in [-0.2, -0.15) is 26.3 Å². The lowest BCUT2D eigenvalue weighted by atomic mass is 9.90. The number of benzene rings is 1. The topological polar surface area (TPSA) is 12.0 Å². The van der Waals surface area contributed by atoms with Gasteiger partial charge in [-0.1, -0.05) is 32.9 Å². The molecule has 0 bridgehead atoms. The van der Waals surface area contributed by atoms with Crippen LogP contribution in [-0.4, -0.2) is 12.1 Å². The van der Waals surface area contributed by atoms with Crippen LogP contribution in [0.5, 0.6) is 0 Å². The average molecular weight is 367 g/mol. The van der Waals surface area contributed by atoms with Crippen molar-refractivity contribution in [2.24, 2.45) is 0 Å². The van der Waals surface area contributed by atoms with Crippen molar-refractivity contribution in [2.45, 2.75) is 58.4 Å². The molecule has 1 rings (SSSR count). The minimum atomic E-state index is -4.74. The Morgan fingerprint density at radius 3 is 1.88 bits per heavy atom. The summed E-state index contributed by atoms with van der Waals surface area (Å²) in [7, 11) is 0. The summed E-state index contributed by atoms with van der Waals surface area (Å²) in [6.07, 6.45) is -6.92. The summed E-state index contributed by atoms with van der Waals surface area (Å²) in [4.78, 5) is 0. The van der Waals surface area contributed by atoms with E-state index in [0.29, 0.717) is 18.7 Å². The van der Waals surface area contributed by atoms with Crippen molar-refractivity contribution >= 4 is 6.08 Å². The SMILES string of the molecule is CCNC(C)(C)/C=C/c1cc(C(F)(F)F)c(C(C)C)cc1C(F)(F)F. The molecule has 0 spiro atoms. The van der Waals surface area contributed by atoms with Crippen LogP contribution in [-0.2, 0) is 12.4 Å². The molecule has 0 fully saturated rings. The number of halogens is 6. The van der Waals surface area contributed by atoms with E-state index < -0.39 is 40.5 Å². The lowest BCUT2D eigenvalue weighted by Crippen LogP contribution is -2.36. The van der Waals surface area contributed by atoms with Gasteiger partial charge in [0.25, 0.3) is 0 Å². The summed E-state index contributed by atoms with van der Waals surface area (Å²) in [6, 6.07) is 1.21. The third-order valence-corrected chi connectivity index (χ3v) is 3.77. The second-order valence-corrected chi connectivity index (χ2v) is 6.76. The monoisotopic (exact) mass is 367 g/mol. The zero-order valence-corrected chi connectivity index (χ0v) is 14.9. The molecule has 142 valence electrons. The second kappa shape index (κ2) is 7.40. The summed E-state index contributed by atoms with van der Waals surface area (Å²) in [5.41, 5.74) is -3.59. The average Bonchev–Trinajstić information content (AvgIpc) is 2.42. The van der Waals surface area contributed by atoms with E-state index in [1.54, 1.807) is 13.8 Å². The fourth-order valence-corrected chi connectivity index (χ4v) is 2.55. The van der Waals surface area contributed by atoms with Crippen LogP contribution in [0.2, 0.25) is 0 Å². The Morgan fingerprint density at radius 1 is 0.960 bits per heavy atom. The van der Waals surface area contributed by atoms with Crippen LogP contribution in [0.15, 0.2) is 18.2 Å². The Balaban J connectivity index is 3.61. The molecule has 0 atom stereocenters. The van der Waals surface area contributed by atoms with Crippen molar-refractivity contribution in [1.29, 1.82) is 0 Å². The Labute approximate surface area is 144 Å². The van der Waals surface area contributed by atoms with Crippen LogP contribution in [0.4, 0.5) is 26.3 Å². The van der Waals surface area contributed by atoms with Gasteiger partial charge in [-0.25, -0.2) is 0 Å². The Hall–Kier alpha value is -1.50. The summed E-state index contributed by atoms with van der Waals surface area (Å²) >= 11 is 0. The molecule has 7 heteroatoms. The van der Waals surface area contributed by atoms with E-state index in [4.69, 9.17) is 0 Å². The highest BCUT2D eigenvalue weighted by Crippen LogP contribution is 2.41. The van der Waals surface area contributed by atoms with Gasteiger partial charge >= 0.3 is 12.4 Å². The molecule has 0 heterocycles. The first-order chi connectivity index (χ1) is 11.2. The van der Waals surface area contributed by atoms with Gasteiger partial charge in [-0.3, -0.25) is 0 Å². The molecule has 1 N–H and O–H groups in total. The van der Waals surface area contributed by atoms with E-state index in [1.165, 1.54) is 19.9 Å². The molecule has 1 aromatic carbocycles. The molecule has 0 amide bonds. The van der Waals surface area contributed by atoms with Crippen molar-refractivity contribution in [1.82, 2.24) is 5.32 Å². The van der Waals surface area contributed by atoms with E-state index >= 15 is 0 Å². The van der Waals surface area contributed by atoms with E-state index in [2.05, 4.69) is 5.32 Å². The zero-order valence-electron chi connectivity index (χ0n) is 14.9. The van der Waals surface area contributed by atoms with Crippen LogP contribution >= 0.6 is 0 Å². The smallest absolute Gasteiger partial charge is 0.309 e. The van der Waals surface area contributed by atoms with Crippen molar-refractivity contribution < 1.29 is 26.3 Å². The molecule has 0 aromatic heterocycles. The molecule has 0 aliphatic carbocycles. The second-order valence-electron chi connectivity index (χ2n) is 6.76. The van der Waals surface area contributed by atoms with E-state index in [-0.39, 0.29) is 5.56 Å². The van der Waals surface area contributed by atoms with Gasteiger partial charge in [0, 0.05) is 5.54 Å². The van der Waals surface area contributed by atoms with Gasteiger partial charge in [0.1, 0.15) is 0 Å². The third kappa shape index (κ3) is 5.76. The summed E-state index contributed by atoms with van der Waals surface area (Å²) in [5, 5.41) is 3.03. The first kappa shape index (κ1) is 21.5. The number of hydrogen-bond donors (Lipinski definition) is 1. The Kier molecular flexibility index (Phi) is 6.37. The van der Waals surface area contributed by atoms with Crippen molar-refractivity contribution in [2.75, 3.05) is 6.54 Å². The molecule has 0 aliphatic heterocycles. The number of alkyl halides is 6. The highest BCUT2D eigenvalue weighted by Gasteiger charge is 2.39. The van der Waals surface area contributed by atoms with Crippen molar-refractivity contribution in [3.63, 3.8) is 0 Å². The molecular weight excluding hydrogens is 344 g/mol. The zero-order chi connectivity index (χ0) is 19.6. The molecule has 1 aromatic rings. The minimum Gasteiger partial charge on any atom is -0.309 e. The van der Waals surface area contributed by atoms with Gasteiger partial charge in [-0.15, -0.1) is 0 Å². The van der Waals surface area contributed by atoms with Gasteiger partial charge in [0.15, 0.2) is 0 Å². The molecule has 0 aliphatic rings. The first-order valence-electron chi connectivity index (χ1n) is 7.95. The maximum Gasteiger partial charge on any atom is 0.416 e. The quantitative estimate of drug-likeness (QED) is 0.607. The molecular formula is C18H23F6N. The molecule has 0 unspecified atom stereocenters. The predicted molar refractivity (Wildman–Crippen MR) is 87.3 cm³/mol. The van der Waals surface area contributed by atoms with Crippen LogP contribution < -0.4 is 5.32 Å². The van der Waals surface area contributed by atoms with Crippen molar-refractivity contribution in [3.05, 3.63) is 40.5 Å². The largest absolute Gasteiger partial charge is 0.416 e. The van der Waals surface area contributed by atoms with Crippen LogP contribution in [0.25, 0.3) is 6.08 Å². The normalized spacial score (nSPS) is 13.9. The first-order valence-corrected chi connectivity index (χ1v) is 7.95. The maximum atomic E-state index is 13.4. The fourth-order valence-electron chi connectivity index (χ4n) is 2.55. The lowest BCUT2D eigenvalue weighted by Gasteiger charge is -2.23. The Bertz CT molecular complexity index is 624. The van der Waals surface area contributed by atoms with Gasteiger partial charge in [0.2, 0.25) is 0 Å². The summed E-state index contributed by atoms with van der Waals surface area (Å²) in [5.74, 6) is -0.686. The number of hydrogen-bond acceptors (Lipinski definition) is 1. The Morgan fingerprint density at radius 2 is 1.48 bits per heavy atom. The van der Waals surface area contributed by atoms with Crippen LogP contribution in [0.3, 0.4) is 0 Å². The molecule has 1 nitrogen and oxygen atoms in total. The molecule has 0 saturated carbocycles. The highest BCUT2D eigenvalue weighted by atomic mass is 19.4. The number of likely N-dealkylation sites (N-methyl/N-ethyl adjacent to an activating group) is 1. The van der Waals surface area contributed by atoms with Crippen LogP contribution in [0.1, 0.15) is 62.8 Å². The molecule has 0 saturated heterocycles. The van der Waals surface area contributed by atoms with Gasteiger partial charge in [-0.05, 0) is 49.6 Å². The minimum absolute atomic E-state index is 0.358. The molecule has 25 heavy (non-hydrogen) atoms. The van der Waals surface area contributed by atoms with Crippen molar-refractivity contribution in [3.8, 4) is 0 Å². The fraction of sp³-hybridized carbons (Fsp3) is 0.556. The third-order valence-electron chi connectivity index (χ3n) is 3.77. The van der Waals surface area contributed by atoms with Gasteiger partial charge in [0.05, 0.1) is 11.1 Å². The van der Waals surface area contributed by atoms with E-state index in [9.17, 15) is 26.3 Å². The van der Waals surface area contributed by atoms with Crippen LogP contribution in [0, 0.1) is 0 Å². The number of nitrogens with one attached hydrogen (secondary N) is 1. The lowest BCUT2D eigenvalue weighted by molar-refractivity contribution is -0.142. The summed E-state index contributed by atoms with van der Waals surface area (Å²) < 4.78 is 80.0. The van der Waals surface area contributed by atoms with Gasteiger partial charge < -0.3 is 5.32 Å². The summed E-state index contributed by atoms with van der Waals surface area (Å²) in [6.45, 7) is 8.74. The maximum absolute atomic E-state index is 13.4. The highest BCUT2D eigenvalue weighted by molar-refractivity contribution is 5.59.